The molecule has 1 heterocycles. The standard InChI is InChI=1S/C27H33N7O2/c1-7-18-15-19(9-10-20(18)28-3)21-11-12-30-27(32-21)33-24-16-23(31-26(35)8-2)22(17-25(24)36-6)29-13-14-34(4)5/h7-12,15-17,28-29H,1-2,13-14H2,3-6H3,(H,31,35)(H,30,32,33). The Hall–Kier alpha value is -4.37. The van der Waals surface area contributed by atoms with Gasteiger partial charge in [0.15, 0.2) is 0 Å². The Morgan fingerprint density at radius 2 is 1.89 bits per heavy atom. The molecule has 0 fully saturated rings. The predicted molar refractivity (Wildman–Crippen MR) is 149 cm³/mol. The smallest absolute Gasteiger partial charge is 0.247 e. The van der Waals surface area contributed by atoms with E-state index in [9.17, 15) is 4.79 Å². The number of hydrogen-bond donors (Lipinski definition) is 4. The molecule has 0 unspecified atom stereocenters. The second-order valence-electron chi connectivity index (χ2n) is 8.17. The molecule has 1 amide bonds. The number of amides is 1. The molecule has 3 aromatic rings. The molecule has 0 saturated heterocycles. The van der Waals surface area contributed by atoms with Gasteiger partial charge in [0.25, 0.3) is 0 Å². The number of ether oxygens (including phenoxy) is 1. The summed E-state index contributed by atoms with van der Waals surface area (Å²) in [6.07, 6.45) is 4.71. The topological polar surface area (TPSA) is 103 Å². The van der Waals surface area contributed by atoms with Crippen LogP contribution in [0.1, 0.15) is 5.56 Å². The predicted octanol–water partition coefficient (Wildman–Crippen LogP) is 4.68. The van der Waals surface area contributed by atoms with Crippen LogP contribution >= 0.6 is 0 Å². The van der Waals surface area contributed by atoms with Gasteiger partial charge >= 0.3 is 0 Å². The molecule has 4 N–H and O–H groups in total. The zero-order valence-electron chi connectivity index (χ0n) is 21.2. The summed E-state index contributed by atoms with van der Waals surface area (Å²) in [7, 11) is 7.45. The summed E-state index contributed by atoms with van der Waals surface area (Å²) >= 11 is 0. The number of carbonyl (C=O) groups excluding carboxylic acids is 1. The van der Waals surface area contributed by atoms with Crippen LogP contribution in [0, 0.1) is 0 Å². The maximum atomic E-state index is 12.1. The summed E-state index contributed by atoms with van der Waals surface area (Å²) in [5.74, 6) is 0.640. The molecule has 0 aliphatic carbocycles. The van der Waals surface area contributed by atoms with Gasteiger partial charge in [-0.3, -0.25) is 4.79 Å². The van der Waals surface area contributed by atoms with Crippen LogP contribution in [0.4, 0.5) is 28.7 Å². The molecule has 3 rings (SSSR count). The number of nitrogens with one attached hydrogen (secondary N) is 4. The average Bonchev–Trinajstić information content (AvgIpc) is 2.89. The van der Waals surface area contributed by atoms with Crippen LogP contribution in [0.5, 0.6) is 5.75 Å². The van der Waals surface area contributed by atoms with Crippen molar-refractivity contribution in [3.05, 3.63) is 67.4 Å². The quantitative estimate of drug-likeness (QED) is 0.273. The SMILES string of the molecule is C=CC(=O)Nc1cc(Nc2nccc(-c3ccc(NC)c(C=C)c3)n2)c(OC)cc1NCCN(C)C. The first-order valence-electron chi connectivity index (χ1n) is 11.5. The van der Waals surface area contributed by atoms with Crippen molar-refractivity contribution in [1.29, 1.82) is 0 Å². The van der Waals surface area contributed by atoms with Crippen molar-refractivity contribution < 1.29 is 9.53 Å². The van der Waals surface area contributed by atoms with Gasteiger partial charge < -0.3 is 30.9 Å². The largest absolute Gasteiger partial charge is 0.494 e. The highest BCUT2D eigenvalue weighted by molar-refractivity contribution is 6.02. The number of carbonyl (C=O) groups is 1. The third-order valence-corrected chi connectivity index (χ3v) is 5.40. The van der Waals surface area contributed by atoms with Crippen molar-refractivity contribution in [2.45, 2.75) is 0 Å². The first-order chi connectivity index (χ1) is 17.4. The maximum absolute atomic E-state index is 12.1. The molecule has 188 valence electrons. The third kappa shape index (κ3) is 6.61. The van der Waals surface area contributed by atoms with Gasteiger partial charge in [0, 0.05) is 43.7 Å². The van der Waals surface area contributed by atoms with E-state index in [1.807, 2.05) is 51.5 Å². The number of methoxy groups -OCH3 is 1. The van der Waals surface area contributed by atoms with Crippen LogP contribution in [0.2, 0.25) is 0 Å². The Morgan fingerprint density at radius 1 is 1.08 bits per heavy atom. The van der Waals surface area contributed by atoms with Crippen molar-refractivity contribution >= 4 is 40.7 Å². The Labute approximate surface area is 212 Å². The molecule has 0 atom stereocenters. The van der Waals surface area contributed by atoms with E-state index >= 15 is 0 Å². The molecule has 36 heavy (non-hydrogen) atoms. The fourth-order valence-corrected chi connectivity index (χ4v) is 3.51. The molecule has 0 bridgehead atoms. The van der Waals surface area contributed by atoms with Crippen molar-refractivity contribution in [3.63, 3.8) is 0 Å². The fourth-order valence-electron chi connectivity index (χ4n) is 3.51. The summed E-state index contributed by atoms with van der Waals surface area (Å²) in [6.45, 7) is 8.95. The second-order valence-corrected chi connectivity index (χ2v) is 8.17. The lowest BCUT2D eigenvalue weighted by molar-refractivity contribution is -0.111. The molecule has 2 aromatic carbocycles. The highest BCUT2D eigenvalue weighted by Gasteiger charge is 2.14. The van der Waals surface area contributed by atoms with Gasteiger partial charge in [0.1, 0.15) is 5.75 Å². The normalized spacial score (nSPS) is 10.5. The molecular weight excluding hydrogens is 454 g/mol. The summed E-state index contributed by atoms with van der Waals surface area (Å²) < 4.78 is 5.62. The Morgan fingerprint density at radius 3 is 2.56 bits per heavy atom. The van der Waals surface area contributed by atoms with Crippen molar-refractivity contribution in [3.8, 4) is 17.0 Å². The summed E-state index contributed by atoms with van der Waals surface area (Å²) in [6, 6.07) is 11.4. The monoisotopic (exact) mass is 487 g/mol. The Balaban J connectivity index is 1.94. The minimum absolute atomic E-state index is 0.317. The van der Waals surface area contributed by atoms with Crippen molar-refractivity contribution in [1.82, 2.24) is 14.9 Å². The molecule has 0 saturated carbocycles. The fraction of sp³-hybridized carbons (Fsp3) is 0.222. The lowest BCUT2D eigenvalue weighted by Gasteiger charge is -2.19. The van der Waals surface area contributed by atoms with Crippen molar-refractivity contribution in [2.24, 2.45) is 0 Å². The highest BCUT2D eigenvalue weighted by atomic mass is 16.5. The maximum Gasteiger partial charge on any atom is 0.247 e. The molecule has 0 radical (unpaired) electrons. The lowest BCUT2D eigenvalue weighted by Crippen LogP contribution is -2.21. The number of hydrogen-bond acceptors (Lipinski definition) is 8. The van der Waals surface area contributed by atoms with Crippen LogP contribution in [-0.4, -0.2) is 62.1 Å². The first-order valence-corrected chi connectivity index (χ1v) is 11.5. The number of aromatic nitrogens is 2. The summed E-state index contributed by atoms with van der Waals surface area (Å²) in [4.78, 5) is 23.2. The average molecular weight is 488 g/mol. The molecule has 9 nitrogen and oxygen atoms in total. The van der Waals surface area contributed by atoms with E-state index < -0.39 is 0 Å². The van der Waals surface area contributed by atoms with Gasteiger partial charge in [-0.15, -0.1) is 0 Å². The van der Waals surface area contributed by atoms with Crippen LogP contribution in [0.25, 0.3) is 17.3 Å². The van der Waals surface area contributed by atoms with E-state index in [0.29, 0.717) is 29.6 Å². The van der Waals surface area contributed by atoms with Gasteiger partial charge in [-0.2, -0.15) is 0 Å². The van der Waals surface area contributed by atoms with Crippen LogP contribution in [0.15, 0.2) is 61.8 Å². The first kappa shape index (κ1) is 26.2. The van der Waals surface area contributed by atoms with Gasteiger partial charge in [0.05, 0.1) is 29.9 Å². The van der Waals surface area contributed by atoms with Gasteiger partial charge in [-0.1, -0.05) is 25.3 Å². The summed E-state index contributed by atoms with van der Waals surface area (Å²) in [5, 5.41) is 12.6. The van der Waals surface area contributed by atoms with Gasteiger partial charge in [-0.25, -0.2) is 9.97 Å². The minimum Gasteiger partial charge on any atom is -0.494 e. The molecular formula is C27H33N7O2. The van der Waals surface area contributed by atoms with E-state index in [4.69, 9.17) is 4.74 Å². The molecule has 0 aliphatic rings. The number of likely N-dealkylation sites (N-methyl/N-ethyl adjacent to an activating group) is 1. The molecule has 0 spiro atoms. The molecule has 0 aliphatic heterocycles. The number of anilines is 5. The third-order valence-electron chi connectivity index (χ3n) is 5.40. The van der Waals surface area contributed by atoms with E-state index in [1.54, 1.807) is 25.4 Å². The van der Waals surface area contributed by atoms with E-state index in [-0.39, 0.29) is 5.91 Å². The summed E-state index contributed by atoms with van der Waals surface area (Å²) in [5.41, 5.74) is 5.55. The van der Waals surface area contributed by atoms with E-state index in [0.717, 1.165) is 34.7 Å². The van der Waals surface area contributed by atoms with Gasteiger partial charge in [0.2, 0.25) is 11.9 Å². The van der Waals surface area contributed by atoms with Crippen LogP contribution < -0.4 is 26.0 Å². The zero-order chi connectivity index (χ0) is 26.1. The number of rotatable bonds is 12. The van der Waals surface area contributed by atoms with Crippen molar-refractivity contribution in [2.75, 3.05) is 62.6 Å². The molecule has 1 aromatic heterocycles. The second kappa shape index (κ2) is 12.4. The molecule has 9 heteroatoms. The number of benzene rings is 2. The van der Waals surface area contributed by atoms with E-state index in [1.165, 1.54) is 6.08 Å². The zero-order valence-corrected chi connectivity index (χ0v) is 21.2. The highest BCUT2D eigenvalue weighted by Crippen LogP contribution is 2.36. The van der Waals surface area contributed by atoms with Gasteiger partial charge in [-0.05, 0) is 50.0 Å². The number of nitrogens with zero attached hydrogens (tertiary/aromatic N) is 3. The minimum atomic E-state index is -0.317. The Kier molecular flexibility index (Phi) is 9.01. The van der Waals surface area contributed by atoms with E-state index in [2.05, 4.69) is 49.3 Å². The lowest BCUT2D eigenvalue weighted by atomic mass is 10.1. The Bertz CT molecular complexity index is 1240. The van der Waals surface area contributed by atoms with Crippen LogP contribution in [0.3, 0.4) is 0 Å². The van der Waals surface area contributed by atoms with Crippen LogP contribution in [-0.2, 0) is 4.79 Å².